The predicted octanol–water partition coefficient (Wildman–Crippen LogP) is 3.69. The van der Waals surface area contributed by atoms with E-state index in [-0.39, 0.29) is 11.4 Å². The van der Waals surface area contributed by atoms with Crippen LogP contribution in [-0.4, -0.2) is 6.36 Å². The van der Waals surface area contributed by atoms with Gasteiger partial charge in [-0.15, -0.1) is 13.2 Å². The minimum atomic E-state index is -4.75. The van der Waals surface area contributed by atoms with Crippen molar-refractivity contribution in [3.8, 4) is 11.8 Å². The van der Waals surface area contributed by atoms with E-state index in [0.29, 0.717) is 12.0 Å². The number of rotatable bonds is 3. The van der Waals surface area contributed by atoms with Crippen LogP contribution in [0.25, 0.3) is 0 Å². The molecular weight excluding hydrogens is 243 g/mol. The molecule has 0 fully saturated rings. The molecule has 0 atom stereocenters. The minimum Gasteiger partial charge on any atom is -0.404 e. The average molecular weight is 250 g/mol. The molecule has 0 unspecified atom stereocenters. The SMILES string of the molecule is N#CCCc1ccc(OC(F)(F)F)c(Cl)c1. The number of ether oxygens (including phenoxy) is 1. The Morgan fingerprint density at radius 3 is 2.56 bits per heavy atom. The van der Waals surface area contributed by atoms with Crippen molar-refractivity contribution in [2.75, 3.05) is 0 Å². The third kappa shape index (κ3) is 3.99. The Balaban J connectivity index is 2.80. The van der Waals surface area contributed by atoms with Crippen LogP contribution in [0.1, 0.15) is 12.0 Å². The van der Waals surface area contributed by atoms with Crippen molar-refractivity contribution in [2.45, 2.75) is 19.2 Å². The Morgan fingerprint density at radius 2 is 2.06 bits per heavy atom. The first-order valence-corrected chi connectivity index (χ1v) is 4.71. The zero-order valence-electron chi connectivity index (χ0n) is 8.01. The summed E-state index contributed by atoms with van der Waals surface area (Å²) in [6.07, 6.45) is -4.02. The predicted molar refractivity (Wildman–Crippen MR) is 52.1 cm³/mol. The van der Waals surface area contributed by atoms with E-state index in [1.807, 2.05) is 6.07 Å². The molecular formula is C10H7ClF3NO. The zero-order valence-corrected chi connectivity index (χ0v) is 8.77. The van der Waals surface area contributed by atoms with Crippen molar-refractivity contribution >= 4 is 11.6 Å². The lowest BCUT2D eigenvalue weighted by Crippen LogP contribution is -2.17. The number of alkyl halides is 3. The van der Waals surface area contributed by atoms with E-state index >= 15 is 0 Å². The molecule has 0 N–H and O–H groups in total. The summed E-state index contributed by atoms with van der Waals surface area (Å²) in [5, 5.41) is 8.23. The van der Waals surface area contributed by atoms with Gasteiger partial charge in [0.15, 0.2) is 0 Å². The van der Waals surface area contributed by atoms with Gasteiger partial charge in [0.2, 0.25) is 0 Å². The van der Waals surface area contributed by atoms with Crippen LogP contribution in [0.4, 0.5) is 13.2 Å². The van der Waals surface area contributed by atoms with Crippen LogP contribution in [-0.2, 0) is 6.42 Å². The van der Waals surface area contributed by atoms with Gasteiger partial charge in [-0.2, -0.15) is 5.26 Å². The van der Waals surface area contributed by atoms with E-state index in [9.17, 15) is 13.2 Å². The average Bonchev–Trinajstić information content (AvgIpc) is 2.17. The van der Waals surface area contributed by atoms with Gasteiger partial charge in [-0.3, -0.25) is 0 Å². The first-order chi connectivity index (χ1) is 7.42. The summed E-state index contributed by atoms with van der Waals surface area (Å²) in [4.78, 5) is 0. The molecule has 0 amide bonds. The summed E-state index contributed by atoms with van der Waals surface area (Å²) in [6.45, 7) is 0. The second-order valence-corrected chi connectivity index (χ2v) is 3.38. The molecule has 16 heavy (non-hydrogen) atoms. The molecule has 0 saturated carbocycles. The van der Waals surface area contributed by atoms with Crippen LogP contribution < -0.4 is 4.74 Å². The molecule has 0 aromatic heterocycles. The zero-order chi connectivity index (χ0) is 12.2. The maximum atomic E-state index is 11.9. The summed E-state index contributed by atoms with van der Waals surface area (Å²) in [5.74, 6) is -0.435. The summed E-state index contributed by atoms with van der Waals surface area (Å²) in [7, 11) is 0. The molecule has 0 heterocycles. The van der Waals surface area contributed by atoms with Crippen molar-refractivity contribution in [1.29, 1.82) is 5.26 Å². The van der Waals surface area contributed by atoms with E-state index in [4.69, 9.17) is 16.9 Å². The Labute approximate surface area is 95.2 Å². The van der Waals surface area contributed by atoms with Crippen molar-refractivity contribution < 1.29 is 17.9 Å². The Hall–Kier alpha value is -1.41. The third-order valence-corrected chi connectivity index (χ3v) is 2.04. The number of nitrogens with zero attached hydrogens (tertiary/aromatic N) is 1. The number of hydrogen-bond acceptors (Lipinski definition) is 2. The molecule has 0 bridgehead atoms. The third-order valence-electron chi connectivity index (χ3n) is 1.75. The molecule has 1 rings (SSSR count). The Kier molecular flexibility index (Phi) is 4.02. The van der Waals surface area contributed by atoms with Crippen LogP contribution in [0.2, 0.25) is 5.02 Å². The van der Waals surface area contributed by atoms with E-state index in [0.717, 1.165) is 6.07 Å². The second kappa shape index (κ2) is 5.08. The van der Waals surface area contributed by atoms with Gasteiger partial charge < -0.3 is 4.74 Å². The highest BCUT2D eigenvalue weighted by Gasteiger charge is 2.31. The standard InChI is InChI=1S/C10H7ClF3NO/c11-8-6-7(2-1-5-15)3-4-9(8)16-10(12,13)14/h3-4,6H,1-2H2. The molecule has 86 valence electrons. The van der Waals surface area contributed by atoms with Crippen molar-refractivity contribution in [3.63, 3.8) is 0 Å². The smallest absolute Gasteiger partial charge is 0.404 e. The fourth-order valence-electron chi connectivity index (χ4n) is 1.11. The lowest BCUT2D eigenvalue weighted by molar-refractivity contribution is -0.274. The lowest BCUT2D eigenvalue weighted by Gasteiger charge is -2.10. The van der Waals surface area contributed by atoms with Crippen LogP contribution in [0.15, 0.2) is 18.2 Å². The molecule has 0 spiro atoms. The highest BCUT2D eigenvalue weighted by Crippen LogP contribution is 2.30. The molecule has 0 radical (unpaired) electrons. The molecule has 6 heteroatoms. The lowest BCUT2D eigenvalue weighted by atomic mass is 10.1. The Morgan fingerprint density at radius 1 is 1.38 bits per heavy atom. The number of aryl methyl sites for hydroxylation is 1. The normalized spacial score (nSPS) is 10.9. The molecule has 0 aliphatic heterocycles. The van der Waals surface area contributed by atoms with E-state index in [2.05, 4.69) is 4.74 Å². The number of halogens is 4. The van der Waals surface area contributed by atoms with Gasteiger partial charge >= 0.3 is 6.36 Å². The van der Waals surface area contributed by atoms with E-state index < -0.39 is 12.1 Å². The first kappa shape index (κ1) is 12.7. The molecule has 0 saturated heterocycles. The van der Waals surface area contributed by atoms with Crippen molar-refractivity contribution in [1.82, 2.24) is 0 Å². The van der Waals surface area contributed by atoms with Gasteiger partial charge in [-0.25, -0.2) is 0 Å². The first-order valence-electron chi connectivity index (χ1n) is 4.33. The summed E-state index contributed by atoms with van der Waals surface area (Å²) < 4.78 is 39.4. The topological polar surface area (TPSA) is 33.0 Å². The summed E-state index contributed by atoms with van der Waals surface area (Å²) in [6, 6.07) is 5.89. The molecule has 2 nitrogen and oxygen atoms in total. The summed E-state index contributed by atoms with van der Waals surface area (Å²) >= 11 is 5.61. The van der Waals surface area contributed by atoms with Crippen LogP contribution >= 0.6 is 11.6 Å². The minimum absolute atomic E-state index is 0.118. The monoisotopic (exact) mass is 249 g/mol. The second-order valence-electron chi connectivity index (χ2n) is 2.97. The molecule has 0 aliphatic rings. The van der Waals surface area contributed by atoms with E-state index in [1.165, 1.54) is 12.1 Å². The maximum Gasteiger partial charge on any atom is 0.573 e. The molecule has 1 aromatic carbocycles. The van der Waals surface area contributed by atoms with Gasteiger partial charge in [0.1, 0.15) is 5.75 Å². The van der Waals surface area contributed by atoms with E-state index in [1.54, 1.807) is 0 Å². The largest absolute Gasteiger partial charge is 0.573 e. The highest BCUT2D eigenvalue weighted by atomic mass is 35.5. The fraction of sp³-hybridized carbons (Fsp3) is 0.300. The number of hydrogen-bond donors (Lipinski definition) is 0. The van der Waals surface area contributed by atoms with Crippen LogP contribution in [0.3, 0.4) is 0 Å². The number of nitriles is 1. The Bertz CT molecular complexity index is 412. The quantitative estimate of drug-likeness (QED) is 0.818. The van der Waals surface area contributed by atoms with Crippen LogP contribution in [0, 0.1) is 11.3 Å². The number of benzene rings is 1. The van der Waals surface area contributed by atoms with Gasteiger partial charge in [0, 0.05) is 6.42 Å². The fourth-order valence-corrected chi connectivity index (χ4v) is 1.35. The highest BCUT2D eigenvalue weighted by molar-refractivity contribution is 6.32. The van der Waals surface area contributed by atoms with Crippen molar-refractivity contribution in [2.24, 2.45) is 0 Å². The summed E-state index contributed by atoms with van der Waals surface area (Å²) in [5.41, 5.74) is 0.695. The molecule has 0 aliphatic carbocycles. The van der Waals surface area contributed by atoms with Crippen molar-refractivity contribution in [3.05, 3.63) is 28.8 Å². The van der Waals surface area contributed by atoms with Gasteiger partial charge in [0.05, 0.1) is 11.1 Å². The van der Waals surface area contributed by atoms with Gasteiger partial charge in [-0.05, 0) is 24.1 Å². The van der Waals surface area contributed by atoms with Crippen LogP contribution in [0.5, 0.6) is 5.75 Å². The maximum absolute atomic E-state index is 11.9. The van der Waals surface area contributed by atoms with Gasteiger partial charge in [0.25, 0.3) is 0 Å². The van der Waals surface area contributed by atoms with Gasteiger partial charge in [-0.1, -0.05) is 17.7 Å². The molecule has 1 aromatic rings.